The van der Waals surface area contributed by atoms with Crippen LogP contribution in [-0.4, -0.2) is 19.7 Å². The van der Waals surface area contributed by atoms with E-state index in [1.807, 2.05) is 0 Å². The molecule has 11 heteroatoms. The van der Waals surface area contributed by atoms with Crippen molar-refractivity contribution in [2.24, 2.45) is 0 Å². The number of hydrogen-bond acceptors (Lipinski definition) is 3. The van der Waals surface area contributed by atoms with Gasteiger partial charge in [0.1, 0.15) is 0 Å². The zero-order chi connectivity index (χ0) is 19.1. The second-order valence-corrected chi connectivity index (χ2v) is 5.57. The summed E-state index contributed by atoms with van der Waals surface area (Å²) >= 11 is 5.00. The molecule has 1 N–H and O–H groups in total. The van der Waals surface area contributed by atoms with Crippen LogP contribution in [0.2, 0.25) is 0 Å². The predicted molar refractivity (Wildman–Crippen MR) is 82.0 cm³/mol. The van der Waals surface area contributed by atoms with Gasteiger partial charge in [0.2, 0.25) is 0 Å². The van der Waals surface area contributed by atoms with Gasteiger partial charge in [-0.05, 0) is 42.5 Å². The van der Waals surface area contributed by atoms with E-state index < -0.39 is 29.2 Å². The number of rotatable bonds is 2. The molecule has 1 aromatic carbocycles. The van der Waals surface area contributed by atoms with Crippen molar-refractivity contribution in [2.75, 3.05) is 0 Å². The lowest BCUT2D eigenvalue weighted by Gasteiger charge is -2.15. The van der Waals surface area contributed by atoms with Gasteiger partial charge < -0.3 is 0 Å². The van der Waals surface area contributed by atoms with Gasteiger partial charge in [-0.15, -0.1) is 0 Å². The first-order valence-electron chi connectivity index (χ1n) is 6.95. The topological polar surface area (TPSA) is 46.5 Å². The fourth-order valence-corrected chi connectivity index (χ4v) is 2.54. The molecule has 3 rings (SSSR count). The Kier molecular flexibility index (Phi) is 4.34. The number of H-pyrrole nitrogens is 1. The second kappa shape index (κ2) is 6.24. The van der Waals surface area contributed by atoms with Gasteiger partial charge >= 0.3 is 12.4 Å². The maximum absolute atomic E-state index is 13.1. The van der Waals surface area contributed by atoms with Crippen molar-refractivity contribution in [3.05, 3.63) is 58.6 Å². The van der Waals surface area contributed by atoms with Crippen LogP contribution < -0.4 is 0 Å². The molecular weight excluding hydrogens is 382 g/mol. The molecule has 0 saturated heterocycles. The highest BCUT2D eigenvalue weighted by Crippen LogP contribution is 2.37. The highest BCUT2D eigenvalue weighted by atomic mass is 32.1. The highest BCUT2D eigenvalue weighted by Gasteiger charge is 2.37. The Morgan fingerprint density at radius 2 is 1.42 bits per heavy atom. The molecular formula is C15H8F6N4S. The van der Waals surface area contributed by atoms with Crippen molar-refractivity contribution >= 4 is 12.2 Å². The monoisotopic (exact) mass is 390 g/mol. The van der Waals surface area contributed by atoms with E-state index in [-0.39, 0.29) is 16.7 Å². The number of hydrogen-bond donors (Lipinski definition) is 1. The molecule has 2 heterocycles. The van der Waals surface area contributed by atoms with Crippen LogP contribution in [0.3, 0.4) is 0 Å². The van der Waals surface area contributed by atoms with Crippen molar-refractivity contribution in [3.8, 4) is 17.1 Å². The number of pyridine rings is 1. The van der Waals surface area contributed by atoms with E-state index in [0.29, 0.717) is 17.7 Å². The summed E-state index contributed by atoms with van der Waals surface area (Å²) in [6.07, 6.45) is -7.10. The Bertz CT molecular complexity index is 956. The fraction of sp³-hybridized carbons (Fsp3) is 0.133. The third-order valence-corrected chi connectivity index (χ3v) is 3.72. The lowest BCUT2D eigenvalue weighted by atomic mass is 10.1. The molecule has 0 fully saturated rings. The molecule has 0 unspecified atom stereocenters. The Labute approximate surface area is 147 Å². The van der Waals surface area contributed by atoms with Crippen LogP contribution in [0, 0.1) is 4.77 Å². The van der Waals surface area contributed by atoms with Crippen molar-refractivity contribution < 1.29 is 26.3 Å². The Morgan fingerprint density at radius 3 is 1.92 bits per heavy atom. The molecule has 26 heavy (non-hydrogen) atoms. The smallest absolute Gasteiger partial charge is 0.268 e. The average molecular weight is 390 g/mol. The number of aromatic amines is 1. The number of halogens is 6. The molecule has 0 amide bonds. The number of benzene rings is 1. The van der Waals surface area contributed by atoms with E-state index in [2.05, 4.69) is 15.2 Å². The highest BCUT2D eigenvalue weighted by molar-refractivity contribution is 7.71. The normalized spacial score (nSPS) is 12.4. The third kappa shape index (κ3) is 3.47. The Balaban J connectivity index is 2.29. The van der Waals surface area contributed by atoms with Crippen LogP contribution >= 0.6 is 12.2 Å². The van der Waals surface area contributed by atoms with Gasteiger partial charge in [-0.2, -0.15) is 31.4 Å². The van der Waals surface area contributed by atoms with Crippen molar-refractivity contribution in [1.82, 2.24) is 19.7 Å². The molecule has 0 aliphatic rings. The van der Waals surface area contributed by atoms with E-state index in [4.69, 9.17) is 12.2 Å². The van der Waals surface area contributed by atoms with Crippen molar-refractivity contribution in [2.45, 2.75) is 12.4 Å². The van der Waals surface area contributed by atoms with E-state index in [9.17, 15) is 26.3 Å². The summed E-state index contributed by atoms with van der Waals surface area (Å²) in [5, 5.41) is 6.29. The van der Waals surface area contributed by atoms with Crippen molar-refractivity contribution in [3.63, 3.8) is 0 Å². The van der Waals surface area contributed by atoms with E-state index >= 15 is 0 Å². The van der Waals surface area contributed by atoms with E-state index in [0.717, 1.165) is 4.57 Å². The van der Waals surface area contributed by atoms with Crippen LogP contribution in [-0.2, 0) is 12.4 Å². The van der Waals surface area contributed by atoms with Crippen molar-refractivity contribution in [1.29, 1.82) is 0 Å². The predicted octanol–water partition coefficient (Wildman–Crippen LogP) is 5.03. The molecule has 3 aromatic rings. The lowest BCUT2D eigenvalue weighted by Crippen LogP contribution is -2.12. The average Bonchev–Trinajstić information content (AvgIpc) is 2.95. The summed E-state index contributed by atoms with van der Waals surface area (Å²) in [6, 6.07) is 4.23. The van der Waals surface area contributed by atoms with E-state index in [1.54, 1.807) is 0 Å². The van der Waals surface area contributed by atoms with Gasteiger partial charge in [0, 0.05) is 18.0 Å². The summed E-state index contributed by atoms with van der Waals surface area (Å²) in [5.74, 6) is 0.0600. The minimum Gasteiger partial charge on any atom is -0.268 e. The van der Waals surface area contributed by atoms with Gasteiger partial charge in [0.25, 0.3) is 0 Å². The SMILES string of the molecule is FC(F)(F)c1cc(-n2c(-c3ccncc3)n[nH]c2=S)cc(C(F)(F)F)c1. The number of alkyl halides is 6. The van der Waals surface area contributed by atoms with Crippen LogP contribution in [0.1, 0.15) is 11.1 Å². The van der Waals surface area contributed by atoms with Gasteiger partial charge in [-0.1, -0.05) is 0 Å². The fourth-order valence-electron chi connectivity index (χ4n) is 2.30. The molecule has 0 atom stereocenters. The van der Waals surface area contributed by atoms with Gasteiger partial charge in [0.05, 0.1) is 16.8 Å². The standard InChI is InChI=1S/C15H8F6N4S/c16-14(17,18)9-5-10(15(19,20)21)7-11(6-9)25-12(23-24-13(25)26)8-1-3-22-4-2-8/h1-7H,(H,24,26). The quantitative estimate of drug-likeness (QED) is 0.493. The molecule has 0 radical (unpaired) electrons. The summed E-state index contributed by atoms with van der Waals surface area (Å²) in [5.41, 5.74) is -2.87. The van der Waals surface area contributed by atoms with Gasteiger partial charge in [0.15, 0.2) is 10.6 Å². The molecule has 4 nitrogen and oxygen atoms in total. The van der Waals surface area contributed by atoms with Gasteiger partial charge in [-0.25, -0.2) is 0 Å². The molecule has 0 aliphatic carbocycles. The maximum Gasteiger partial charge on any atom is 0.416 e. The summed E-state index contributed by atoms with van der Waals surface area (Å²) < 4.78 is 79.3. The minimum absolute atomic E-state index is 0.0549. The minimum atomic E-state index is -4.96. The third-order valence-electron chi connectivity index (χ3n) is 3.44. The maximum atomic E-state index is 13.1. The molecule has 0 aliphatic heterocycles. The number of aromatic nitrogens is 4. The Morgan fingerprint density at radius 1 is 0.885 bits per heavy atom. The molecule has 2 aromatic heterocycles. The summed E-state index contributed by atoms with van der Waals surface area (Å²) in [4.78, 5) is 3.80. The summed E-state index contributed by atoms with van der Waals surface area (Å²) in [7, 11) is 0. The number of nitrogens with one attached hydrogen (secondary N) is 1. The first-order chi connectivity index (χ1) is 12.1. The van der Waals surface area contributed by atoms with Crippen LogP contribution in [0.5, 0.6) is 0 Å². The lowest BCUT2D eigenvalue weighted by molar-refractivity contribution is -0.143. The number of nitrogens with zero attached hydrogens (tertiary/aromatic N) is 3. The molecule has 0 bridgehead atoms. The first-order valence-corrected chi connectivity index (χ1v) is 7.36. The molecule has 0 spiro atoms. The van der Waals surface area contributed by atoms with Crippen LogP contribution in [0.15, 0.2) is 42.7 Å². The first kappa shape index (κ1) is 18.1. The van der Waals surface area contributed by atoms with Crippen LogP contribution in [0.25, 0.3) is 17.1 Å². The zero-order valence-corrected chi connectivity index (χ0v) is 13.4. The largest absolute Gasteiger partial charge is 0.416 e. The van der Waals surface area contributed by atoms with E-state index in [1.165, 1.54) is 24.5 Å². The second-order valence-electron chi connectivity index (χ2n) is 5.19. The molecule has 0 saturated carbocycles. The zero-order valence-electron chi connectivity index (χ0n) is 12.6. The molecule has 136 valence electrons. The summed E-state index contributed by atoms with van der Waals surface area (Å²) in [6.45, 7) is 0. The van der Waals surface area contributed by atoms with Crippen LogP contribution in [0.4, 0.5) is 26.3 Å². The van der Waals surface area contributed by atoms with Gasteiger partial charge in [-0.3, -0.25) is 14.6 Å². The Hall–Kier alpha value is -2.69.